The third-order valence-corrected chi connectivity index (χ3v) is 1.27. The standard InChI is InChI=1S/C9H18O.C4H10/c1-8(2)6-4-5-7-9(3)10;1-4(2)3/h4,6,8-10H,5,7H2,1-3H3;4H,1-3H3/b6-4+;/t9-;/m1./s1. The van der Waals surface area contributed by atoms with Gasteiger partial charge in [0.15, 0.2) is 0 Å². The molecule has 0 aromatic heterocycles. The largest absolute Gasteiger partial charge is 0.393 e. The van der Waals surface area contributed by atoms with Crippen LogP contribution in [0.1, 0.15) is 54.4 Å². The van der Waals surface area contributed by atoms with Gasteiger partial charge in [0.05, 0.1) is 6.10 Å². The molecule has 0 aliphatic carbocycles. The van der Waals surface area contributed by atoms with E-state index in [1.54, 1.807) is 0 Å². The number of rotatable bonds is 4. The quantitative estimate of drug-likeness (QED) is 0.679. The van der Waals surface area contributed by atoms with E-state index < -0.39 is 0 Å². The van der Waals surface area contributed by atoms with Gasteiger partial charge >= 0.3 is 0 Å². The molecule has 1 heteroatoms. The summed E-state index contributed by atoms with van der Waals surface area (Å²) < 4.78 is 0. The van der Waals surface area contributed by atoms with Gasteiger partial charge in [-0.3, -0.25) is 0 Å². The lowest BCUT2D eigenvalue weighted by Gasteiger charge is -1.99. The highest BCUT2D eigenvalue weighted by Gasteiger charge is 1.91. The Morgan fingerprint density at radius 2 is 1.43 bits per heavy atom. The number of aliphatic hydroxyl groups is 1. The zero-order valence-corrected chi connectivity index (χ0v) is 10.7. The van der Waals surface area contributed by atoms with Crippen LogP contribution in [0.25, 0.3) is 0 Å². The smallest absolute Gasteiger partial charge is 0.0515 e. The normalized spacial score (nSPS) is 13.2. The van der Waals surface area contributed by atoms with E-state index in [-0.39, 0.29) is 6.10 Å². The van der Waals surface area contributed by atoms with Crippen LogP contribution >= 0.6 is 0 Å². The molecule has 1 atom stereocenters. The van der Waals surface area contributed by atoms with Gasteiger partial charge in [-0.15, -0.1) is 0 Å². The molecule has 0 rings (SSSR count). The summed E-state index contributed by atoms with van der Waals surface area (Å²) in [4.78, 5) is 0. The van der Waals surface area contributed by atoms with Crippen molar-refractivity contribution in [2.75, 3.05) is 0 Å². The molecular weight excluding hydrogens is 172 g/mol. The van der Waals surface area contributed by atoms with E-state index >= 15 is 0 Å². The third kappa shape index (κ3) is 29.8. The van der Waals surface area contributed by atoms with Crippen LogP contribution in [-0.4, -0.2) is 11.2 Å². The number of hydrogen-bond acceptors (Lipinski definition) is 1. The highest BCUT2D eigenvalue weighted by atomic mass is 16.3. The van der Waals surface area contributed by atoms with Gasteiger partial charge in [-0.2, -0.15) is 0 Å². The van der Waals surface area contributed by atoms with E-state index in [0.29, 0.717) is 5.92 Å². The van der Waals surface area contributed by atoms with Crippen molar-refractivity contribution in [3.63, 3.8) is 0 Å². The molecule has 0 amide bonds. The Labute approximate surface area is 90.2 Å². The molecule has 1 nitrogen and oxygen atoms in total. The van der Waals surface area contributed by atoms with Gasteiger partial charge in [-0.1, -0.05) is 46.8 Å². The van der Waals surface area contributed by atoms with Crippen molar-refractivity contribution < 1.29 is 5.11 Å². The summed E-state index contributed by atoms with van der Waals surface area (Å²) in [6.07, 6.45) is 6.02. The SMILES string of the molecule is CC(C)/C=C/CC[C@@H](C)O.CC(C)C. The van der Waals surface area contributed by atoms with E-state index in [1.165, 1.54) is 0 Å². The van der Waals surface area contributed by atoms with Crippen LogP contribution in [0, 0.1) is 11.8 Å². The lowest BCUT2D eigenvalue weighted by atomic mass is 10.1. The molecular formula is C13H28O. The molecule has 0 saturated heterocycles. The first-order chi connectivity index (χ1) is 6.36. The van der Waals surface area contributed by atoms with Gasteiger partial charge in [-0.25, -0.2) is 0 Å². The Hall–Kier alpha value is -0.300. The maximum atomic E-state index is 8.88. The van der Waals surface area contributed by atoms with Crippen LogP contribution < -0.4 is 0 Å². The summed E-state index contributed by atoms with van der Waals surface area (Å²) in [6, 6.07) is 0. The molecule has 0 aromatic carbocycles. The monoisotopic (exact) mass is 200 g/mol. The van der Waals surface area contributed by atoms with Crippen molar-refractivity contribution in [3.8, 4) is 0 Å². The maximum Gasteiger partial charge on any atom is 0.0515 e. The van der Waals surface area contributed by atoms with Crippen molar-refractivity contribution in [1.29, 1.82) is 0 Å². The summed E-state index contributed by atoms with van der Waals surface area (Å²) >= 11 is 0. The van der Waals surface area contributed by atoms with Crippen LogP contribution in [0.5, 0.6) is 0 Å². The van der Waals surface area contributed by atoms with Gasteiger partial charge < -0.3 is 5.11 Å². The molecule has 1 N–H and O–H groups in total. The lowest BCUT2D eigenvalue weighted by Crippen LogP contribution is -1.96. The second kappa shape index (κ2) is 10.8. The summed E-state index contributed by atoms with van der Waals surface area (Å²) in [5, 5.41) is 8.88. The highest BCUT2D eigenvalue weighted by Crippen LogP contribution is 2.00. The van der Waals surface area contributed by atoms with Gasteiger partial charge in [0, 0.05) is 0 Å². The Balaban J connectivity index is 0. The Bertz CT molecular complexity index is 120. The fraction of sp³-hybridized carbons (Fsp3) is 0.846. The van der Waals surface area contributed by atoms with E-state index in [4.69, 9.17) is 5.11 Å². The van der Waals surface area contributed by atoms with Gasteiger partial charge in [0.2, 0.25) is 0 Å². The predicted octanol–water partition coefficient (Wildman–Crippen LogP) is 4.02. The fourth-order valence-corrected chi connectivity index (χ4v) is 0.706. The zero-order valence-electron chi connectivity index (χ0n) is 10.7. The van der Waals surface area contributed by atoms with Crippen LogP contribution in [-0.2, 0) is 0 Å². The predicted molar refractivity (Wildman–Crippen MR) is 65.4 cm³/mol. The minimum atomic E-state index is -0.156. The van der Waals surface area contributed by atoms with E-state index in [2.05, 4.69) is 46.8 Å². The topological polar surface area (TPSA) is 20.2 Å². The Kier molecular flexibility index (Phi) is 12.4. The van der Waals surface area contributed by atoms with Crippen LogP contribution in [0.15, 0.2) is 12.2 Å². The zero-order chi connectivity index (χ0) is 11.6. The number of allylic oxidation sites excluding steroid dienone is 2. The van der Waals surface area contributed by atoms with Gasteiger partial charge in [0.25, 0.3) is 0 Å². The molecule has 0 aromatic rings. The molecule has 0 bridgehead atoms. The second-order valence-corrected chi connectivity index (χ2v) is 4.83. The average molecular weight is 200 g/mol. The first-order valence-corrected chi connectivity index (χ1v) is 5.71. The first-order valence-electron chi connectivity index (χ1n) is 5.71. The maximum absolute atomic E-state index is 8.88. The third-order valence-electron chi connectivity index (χ3n) is 1.27. The van der Waals surface area contributed by atoms with Crippen LogP contribution in [0.3, 0.4) is 0 Å². The Morgan fingerprint density at radius 3 is 1.71 bits per heavy atom. The second-order valence-electron chi connectivity index (χ2n) is 4.83. The van der Waals surface area contributed by atoms with Crippen molar-refractivity contribution in [3.05, 3.63) is 12.2 Å². The van der Waals surface area contributed by atoms with Gasteiger partial charge in [-0.05, 0) is 31.6 Å². The van der Waals surface area contributed by atoms with E-state index in [9.17, 15) is 0 Å². The summed E-state index contributed by atoms with van der Waals surface area (Å²) in [7, 11) is 0. The molecule has 0 heterocycles. The summed E-state index contributed by atoms with van der Waals surface area (Å²) in [6.45, 7) is 12.6. The summed E-state index contributed by atoms with van der Waals surface area (Å²) in [5.41, 5.74) is 0. The van der Waals surface area contributed by atoms with Crippen LogP contribution in [0.4, 0.5) is 0 Å². The molecule has 0 aliphatic rings. The van der Waals surface area contributed by atoms with Crippen LogP contribution in [0.2, 0.25) is 0 Å². The molecule has 0 spiro atoms. The van der Waals surface area contributed by atoms with Crippen molar-refractivity contribution in [2.45, 2.75) is 60.5 Å². The van der Waals surface area contributed by atoms with E-state index in [1.807, 2.05) is 6.92 Å². The molecule has 0 unspecified atom stereocenters. The summed E-state index contributed by atoms with van der Waals surface area (Å²) in [5.74, 6) is 1.47. The lowest BCUT2D eigenvalue weighted by molar-refractivity contribution is 0.186. The molecule has 0 aliphatic heterocycles. The molecule has 0 fully saturated rings. The minimum absolute atomic E-state index is 0.156. The highest BCUT2D eigenvalue weighted by molar-refractivity contribution is 4.84. The van der Waals surface area contributed by atoms with E-state index in [0.717, 1.165) is 18.8 Å². The fourth-order valence-electron chi connectivity index (χ4n) is 0.706. The first kappa shape index (κ1) is 16.1. The van der Waals surface area contributed by atoms with Crippen molar-refractivity contribution in [1.82, 2.24) is 0 Å². The average Bonchev–Trinajstić information content (AvgIpc) is 1.96. The number of hydrogen-bond donors (Lipinski definition) is 1. The van der Waals surface area contributed by atoms with Gasteiger partial charge in [0.1, 0.15) is 0 Å². The molecule has 0 saturated carbocycles. The molecule has 86 valence electrons. The van der Waals surface area contributed by atoms with Crippen molar-refractivity contribution >= 4 is 0 Å². The van der Waals surface area contributed by atoms with Crippen molar-refractivity contribution in [2.24, 2.45) is 11.8 Å². The Morgan fingerprint density at radius 1 is 1.00 bits per heavy atom. The minimum Gasteiger partial charge on any atom is -0.393 e. The molecule has 14 heavy (non-hydrogen) atoms. The number of aliphatic hydroxyl groups excluding tert-OH is 1. The molecule has 0 radical (unpaired) electrons.